The third kappa shape index (κ3) is 4.75. The first-order chi connectivity index (χ1) is 14.9. The molecular weight excluding hydrogens is 412 g/mol. The van der Waals surface area contributed by atoms with Crippen molar-refractivity contribution in [3.05, 3.63) is 94.4 Å². The van der Waals surface area contributed by atoms with Crippen molar-refractivity contribution in [1.29, 1.82) is 0 Å². The molecular formula is C24H21ClN4O2. The van der Waals surface area contributed by atoms with Crippen molar-refractivity contribution in [3.63, 3.8) is 0 Å². The molecule has 0 saturated carbocycles. The maximum absolute atomic E-state index is 12.8. The molecule has 0 spiro atoms. The Kier molecular flexibility index (Phi) is 5.73. The zero-order valence-corrected chi connectivity index (χ0v) is 18.1. The molecule has 0 radical (unpaired) electrons. The SMILES string of the molecule is Cc1cccc(Oc2ccc(NC(=O)c3nc(-n4nc(C)cc4C)ccc3Cl)cc2)c1. The average molecular weight is 433 g/mol. The van der Waals surface area contributed by atoms with Crippen LogP contribution in [0.2, 0.25) is 5.02 Å². The lowest BCUT2D eigenvalue weighted by Crippen LogP contribution is -2.16. The summed E-state index contributed by atoms with van der Waals surface area (Å²) in [5.74, 6) is 1.56. The van der Waals surface area contributed by atoms with Crippen LogP contribution in [-0.4, -0.2) is 20.7 Å². The summed E-state index contributed by atoms with van der Waals surface area (Å²) in [5.41, 5.74) is 3.65. The van der Waals surface area contributed by atoms with E-state index in [1.54, 1.807) is 41.1 Å². The van der Waals surface area contributed by atoms with Crippen molar-refractivity contribution in [3.8, 4) is 17.3 Å². The fraction of sp³-hybridized carbons (Fsp3) is 0.125. The Hall–Kier alpha value is -3.64. The molecule has 31 heavy (non-hydrogen) atoms. The first-order valence-corrected chi connectivity index (χ1v) is 10.1. The number of carbonyl (C=O) groups excluding carboxylic acids is 1. The van der Waals surface area contributed by atoms with Gasteiger partial charge in [-0.3, -0.25) is 4.79 Å². The third-order valence-electron chi connectivity index (χ3n) is 4.61. The lowest BCUT2D eigenvalue weighted by molar-refractivity contribution is 0.102. The van der Waals surface area contributed by atoms with E-state index in [2.05, 4.69) is 15.4 Å². The minimum atomic E-state index is -0.402. The van der Waals surface area contributed by atoms with E-state index in [0.29, 0.717) is 17.3 Å². The number of pyridine rings is 1. The fourth-order valence-electron chi connectivity index (χ4n) is 3.18. The number of aryl methyl sites for hydroxylation is 3. The highest BCUT2D eigenvalue weighted by Crippen LogP contribution is 2.24. The molecule has 1 amide bonds. The second-order valence-electron chi connectivity index (χ2n) is 7.24. The maximum atomic E-state index is 12.8. The summed E-state index contributed by atoms with van der Waals surface area (Å²) in [5, 5.41) is 7.50. The van der Waals surface area contributed by atoms with Crippen LogP contribution in [0.15, 0.2) is 66.7 Å². The van der Waals surface area contributed by atoms with Crippen LogP contribution in [0.4, 0.5) is 5.69 Å². The Balaban J connectivity index is 1.50. The number of nitrogens with one attached hydrogen (secondary N) is 1. The Morgan fingerprint density at radius 3 is 2.42 bits per heavy atom. The van der Waals surface area contributed by atoms with E-state index >= 15 is 0 Å². The molecule has 0 aliphatic rings. The molecule has 0 saturated heterocycles. The van der Waals surface area contributed by atoms with Crippen LogP contribution in [0.5, 0.6) is 11.5 Å². The van der Waals surface area contributed by atoms with Crippen LogP contribution < -0.4 is 10.1 Å². The summed E-state index contributed by atoms with van der Waals surface area (Å²) in [7, 11) is 0. The average Bonchev–Trinajstić information content (AvgIpc) is 3.08. The van der Waals surface area contributed by atoms with Crippen molar-refractivity contribution >= 4 is 23.2 Å². The summed E-state index contributed by atoms with van der Waals surface area (Å²) < 4.78 is 7.53. The molecule has 2 heterocycles. The summed E-state index contributed by atoms with van der Waals surface area (Å²) >= 11 is 6.25. The number of amides is 1. The van der Waals surface area contributed by atoms with Crippen molar-refractivity contribution in [2.75, 3.05) is 5.32 Å². The third-order valence-corrected chi connectivity index (χ3v) is 4.92. The largest absolute Gasteiger partial charge is 0.457 e. The molecule has 0 aliphatic carbocycles. The Morgan fingerprint density at radius 1 is 0.968 bits per heavy atom. The molecule has 0 atom stereocenters. The van der Waals surface area contributed by atoms with Gasteiger partial charge >= 0.3 is 0 Å². The summed E-state index contributed by atoms with van der Waals surface area (Å²) in [6.07, 6.45) is 0. The molecule has 2 aromatic heterocycles. The minimum Gasteiger partial charge on any atom is -0.457 e. The highest BCUT2D eigenvalue weighted by Gasteiger charge is 2.16. The van der Waals surface area contributed by atoms with Gasteiger partial charge in [0.05, 0.1) is 10.7 Å². The molecule has 156 valence electrons. The molecule has 0 bridgehead atoms. The predicted molar refractivity (Wildman–Crippen MR) is 121 cm³/mol. The van der Waals surface area contributed by atoms with Gasteiger partial charge in [-0.2, -0.15) is 5.10 Å². The molecule has 4 rings (SSSR count). The highest BCUT2D eigenvalue weighted by atomic mass is 35.5. The molecule has 0 fully saturated rings. The van der Waals surface area contributed by atoms with E-state index in [0.717, 1.165) is 22.7 Å². The standard InChI is InChI=1S/C24H21ClN4O2/c1-15-5-4-6-20(13-15)31-19-9-7-18(8-10-19)26-24(30)23-21(25)11-12-22(27-23)29-17(3)14-16(2)28-29/h4-14H,1-3H3,(H,26,30). The Bertz CT molecular complexity index is 1250. The number of hydrogen-bond acceptors (Lipinski definition) is 4. The van der Waals surface area contributed by atoms with Gasteiger partial charge in [0.15, 0.2) is 5.82 Å². The molecule has 4 aromatic rings. The van der Waals surface area contributed by atoms with Gasteiger partial charge in [0.2, 0.25) is 0 Å². The number of ether oxygens (including phenoxy) is 1. The lowest BCUT2D eigenvalue weighted by Gasteiger charge is -2.10. The van der Waals surface area contributed by atoms with Crippen LogP contribution in [0, 0.1) is 20.8 Å². The first-order valence-electron chi connectivity index (χ1n) is 9.75. The summed E-state index contributed by atoms with van der Waals surface area (Å²) in [4.78, 5) is 17.2. The number of nitrogens with zero attached hydrogens (tertiary/aromatic N) is 3. The zero-order valence-electron chi connectivity index (χ0n) is 17.4. The quantitative estimate of drug-likeness (QED) is 0.427. The summed E-state index contributed by atoms with van der Waals surface area (Å²) in [6, 6.07) is 20.2. The molecule has 0 aliphatic heterocycles. The molecule has 0 unspecified atom stereocenters. The number of hydrogen-bond donors (Lipinski definition) is 1. The molecule has 1 N–H and O–H groups in total. The monoisotopic (exact) mass is 432 g/mol. The van der Waals surface area contributed by atoms with Crippen molar-refractivity contribution < 1.29 is 9.53 Å². The molecule has 7 heteroatoms. The van der Waals surface area contributed by atoms with Crippen LogP contribution in [0.1, 0.15) is 27.4 Å². The van der Waals surface area contributed by atoms with Gasteiger partial charge in [-0.05, 0) is 80.9 Å². The zero-order chi connectivity index (χ0) is 22.0. The lowest BCUT2D eigenvalue weighted by atomic mass is 10.2. The Morgan fingerprint density at radius 2 is 1.74 bits per heavy atom. The number of carbonyl (C=O) groups is 1. The second kappa shape index (κ2) is 8.62. The highest BCUT2D eigenvalue weighted by molar-refractivity contribution is 6.34. The van der Waals surface area contributed by atoms with Crippen molar-refractivity contribution in [2.24, 2.45) is 0 Å². The van der Waals surface area contributed by atoms with Gasteiger partial charge in [0.25, 0.3) is 5.91 Å². The Labute approximate surface area is 185 Å². The fourth-order valence-corrected chi connectivity index (χ4v) is 3.37. The van der Waals surface area contributed by atoms with Gasteiger partial charge < -0.3 is 10.1 Å². The van der Waals surface area contributed by atoms with Crippen LogP contribution >= 0.6 is 11.6 Å². The predicted octanol–water partition coefficient (Wildman–Crippen LogP) is 5.89. The first kappa shape index (κ1) is 20.6. The van der Waals surface area contributed by atoms with Crippen LogP contribution in [-0.2, 0) is 0 Å². The normalized spacial score (nSPS) is 10.7. The smallest absolute Gasteiger partial charge is 0.275 e. The van der Waals surface area contributed by atoms with Gasteiger partial charge in [0, 0.05) is 11.4 Å². The minimum absolute atomic E-state index is 0.131. The van der Waals surface area contributed by atoms with Gasteiger partial charge in [-0.25, -0.2) is 9.67 Å². The number of anilines is 1. The van der Waals surface area contributed by atoms with Crippen molar-refractivity contribution in [2.45, 2.75) is 20.8 Å². The maximum Gasteiger partial charge on any atom is 0.275 e. The number of aromatic nitrogens is 3. The summed E-state index contributed by atoms with van der Waals surface area (Å²) in [6.45, 7) is 5.84. The van der Waals surface area contributed by atoms with Crippen molar-refractivity contribution in [1.82, 2.24) is 14.8 Å². The van der Waals surface area contributed by atoms with E-state index in [1.165, 1.54) is 0 Å². The van der Waals surface area contributed by atoms with Crippen LogP contribution in [0.25, 0.3) is 5.82 Å². The van der Waals surface area contributed by atoms with E-state index in [1.807, 2.05) is 51.1 Å². The van der Waals surface area contributed by atoms with Gasteiger partial charge in [0.1, 0.15) is 17.2 Å². The number of rotatable bonds is 5. The molecule has 6 nitrogen and oxygen atoms in total. The van der Waals surface area contributed by atoms with E-state index < -0.39 is 5.91 Å². The topological polar surface area (TPSA) is 69.0 Å². The second-order valence-corrected chi connectivity index (χ2v) is 7.64. The van der Waals surface area contributed by atoms with Gasteiger partial charge in [-0.1, -0.05) is 23.7 Å². The number of benzene rings is 2. The molecule has 2 aromatic carbocycles. The van der Waals surface area contributed by atoms with Crippen LogP contribution in [0.3, 0.4) is 0 Å². The van der Waals surface area contributed by atoms with E-state index in [9.17, 15) is 4.79 Å². The van der Waals surface area contributed by atoms with E-state index in [4.69, 9.17) is 16.3 Å². The van der Waals surface area contributed by atoms with Gasteiger partial charge in [-0.15, -0.1) is 0 Å². The number of halogens is 1. The van der Waals surface area contributed by atoms with E-state index in [-0.39, 0.29) is 10.7 Å².